The number of hydrogen-bond donors (Lipinski definition) is 0. The third kappa shape index (κ3) is 3.76. The molecular formula is C9H19NO3Si. The molecule has 0 spiro atoms. The van der Waals surface area contributed by atoms with Crippen molar-refractivity contribution in [3.8, 4) is 6.07 Å². The molecule has 0 fully saturated rings. The lowest BCUT2D eigenvalue weighted by Gasteiger charge is -2.34. The second-order valence-corrected chi connectivity index (χ2v) is 8.67. The monoisotopic (exact) mass is 217 g/mol. The van der Waals surface area contributed by atoms with Crippen LogP contribution in [0.5, 0.6) is 0 Å². The molecule has 0 radical (unpaired) electrons. The first-order valence-corrected chi connectivity index (χ1v) is 7.87. The Morgan fingerprint density at radius 3 is 1.86 bits per heavy atom. The molecule has 0 aromatic heterocycles. The van der Waals surface area contributed by atoms with Gasteiger partial charge in [-0.2, -0.15) is 5.26 Å². The largest absolute Gasteiger partial charge is 0.396 e. The molecule has 14 heavy (non-hydrogen) atoms. The fourth-order valence-electron chi connectivity index (χ4n) is 1.31. The van der Waals surface area contributed by atoms with Gasteiger partial charge in [-0.1, -0.05) is 0 Å². The first kappa shape index (κ1) is 13.6. The predicted molar refractivity (Wildman–Crippen MR) is 56.3 cm³/mol. The van der Waals surface area contributed by atoms with Crippen LogP contribution >= 0.6 is 0 Å². The van der Waals surface area contributed by atoms with E-state index in [2.05, 4.69) is 6.07 Å². The van der Waals surface area contributed by atoms with Gasteiger partial charge in [0.2, 0.25) is 0 Å². The molecule has 0 bridgehead atoms. The lowest BCUT2D eigenvalue weighted by molar-refractivity contribution is -0.179. The predicted octanol–water partition coefficient (Wildman–Crippen LogP) is 1.74. The number of nitrogens with zero attached hydrogens (tertiary/aromatic N) is 1. The van der Waals surface area contributed by atoms with E-state index < -0.39 is 20.2 Å². The van der Waals surface area contributed by atoms with Crippen molar-refractivity contribution < 1.29 is 13.9 Å². The minimum atomic E-state index is -1.79. The molecule has 0 aromatic carbocycles. The maximum absolute atomic E-state index is 9.07. The Bertz CT molecular complexity index is 217. The van der Waals surface area contributed by atoms with Crippen LogP contribution in [0.4, 0.5) is 0 Å². The highest BCUT2D eigenvalue weighted by Gasteiger charge is 2.40. The topological polar surface area (TPSA) is 51.5 Å². The van der Waals surface area contributed by atoms with Crippen LogP contribution in [0.15, 0.2) is 0 Å². The average molecular weight is 217 g/mol. The molecule has 1 unspecified atom stereocenters. The Morgan fingerprint density at radius 1 is 1.21 bits per heavy atom. The van der Waals surface area contributed by atoms with E-state index in [4.69, 9.17) is 19.2 Å². The molecule has 0 amide bonds. The van der Waals surface area contributed by atoms with Gasteiger partial charge in [-0.3, -0.25) is 0 Å². The average Bonchev–Trinajstić information content (AvgIpc) is 2.03. The maximum Gasteiger partial charge on any atom is 0.198 e. The molecule has 0 aliphatic rings. The van der Waals surface area contributed by atoms with E-state index in [1.54, 1.807) is 6.92 Å². The van der Waals surface area contributed by atoms with E-state index in [1.165, 1.54) is 14.2 Å². The number of ether oxygens (including phenoxy) is 2. The minimum absolute atomic E-state index is 0.653. The van der Waals surface area contributed by atoms with Crippen molar-refractivity contribution in [1.82, 2.24) is 0 Å². The van der Waals surface area contributed by atoms with Gasteiger partial charge in [0.05, 0.1) is 0 Å². The van der Waals surface area contributed by atoms with Crippen LogP contribution in [0, 0.1) is 11.3 Å². The van der Waals surface area contributed by atoms with Gasteiger partial charge in [-0.05, 0) is 26.6 Å². The summed E-state index contributed by atoms with van der Waals surface area (Å²) in [5.74, 6) is 0. The second kappa shape index (κ2) is 4.89. The second-order valence-electron chi connectivity index (χ2n) is 4.24. The van der Waals surface area contributed by atoms with Crippen LogP contribution in [0.1, 0.15) is 6.92 Å². The van der Waals surface area contributed by atoms with Crippen LogP contribution in [0.3, 0.4) is 0 Å². The van der Waals surface area contributed by atoms with E-state index in [-0.39, 0.29) is 0 Å². The molecule has 4 nitrogen and oxygen atoms in total. The van der Waals surface area contributed by atoms with Crippen molar-refractivity contribution >= 4 is 8.32 Å². The van der Waals surface area contributed by atoms with Crippen LogP contribution < -0.4 is 0 Å². The minimum Gasteiger partial charge on any atom is -0.396 e. The van der Waals surface area contributed by atoms with Gasteiger partial charge < -0.3 is 13.9 Å². The summed E-state index contributed by atoms with van der Waals surface area (Å²) in [5.41, 5.74) is -1.03. The molecule has 0 rings (SSSR count). The van der Waals surface area contributed by atoms with Crippen molar-refractivity contribution in [2.45, 2.75) is 38.5 Å². The highest BCUT2D eigenvalue weighted by Crippen LogP contribution is 2.23. The third-order valence-electron chi connectivity index (χ3n) is 1.62. The summed E-state index contributed by atoms with van der Waals surface area (Å²) in [4.78, 5) is 0. The fraction of sp³-hybridized carbons (Fsp3) is 0.889. The first-order chi connectivity index (χ1) is 6.29. The van der Waals surface area contributed by atoms with Crippen molar-refractivity contribution in [1.29, 1.82) is 5.26 Å². The Morgan fingerprint density at radius 2 is 1.64 bits per heavy atom. The molecular weight excluding hydrogens is 198 g/mol. The van der Waals surface area contributed by atoms with Crippen LogP contribution in [-0.4, -0.2) is 34.4 Å². The highest BCUT2D eigenvalue weighted by molar-refractivity contribution is 6.69. The van der Waals surface area contributed by atoms with Gasteiger partial charge in [-0.25, -0.2) is 0 Å². The molecule has 82 valence electrons. The summed E-state index contributed by atoms with van der Waals surface area (Å²) < 4.78 is 15.9. The van der Waals surface area contributed by atoms with E-state index in [0.717, 1.165) is 0 Å². The number of methoxy groups -OCH3 is 2. The van der Waals surface area contributed by atoms with Gasteiger partial charge in [-0.15, -0.1) is 0 Å². The summed E-state index contributed by atoms with van der Waals surface area (Å²) >= 11 is 0. The van der Waals surface area contributed by atoms with Crippen LogP contribution in [-0.2, 0) is 13.9 Å². The molecule has 0 aromatic rings. The van der Waals surface area contributed by atoms with Gasteiger partial charge in [0, 0.05) is 14.2 Å². The number of rotatable bonds is 5. The van der Waals surface area contributed by atoms with E-state index in [1.807, 2.05) is 19.6 Å². The number of nitriles is 1. The van der Waals surface area contributed by atoms with Crippen molar-refractivity contribution in [3.63, 3.8) is 0 Å². The lowest BCUT2D eigenvalue weighted by Crippen LogP contribution is -2.49. The summed E-state index contributed by atoms with van der Waals surface area (Å²) in [7, 11) is 1.20. The fourth-order valence-corrected chi connectivity index (χ4v) is 2.72. The van der Waals surface area contributed by atoms with E-state index in [9.17, 15) is 0 Å². The normalized spacial score (nSPS) is 16.4. The Labute approximate surface area is 86.9 Å². The highest BCUT2D eigenvalue weighted by atomic mass is 28.4. The van der Waals surface area contributed by atoms with Crippen LogP contribution in [0.25, 0.3) is 0 Å². The molecule has 0 aliphatic carbocycles. The summed E-state index contributed by atoms with van der Waals surface area (Å²) in [6, 6.07) is 2.10. The van der Waals surface area contributed by atoms with Crippen LogP contribution in [0.2, 0.25) is 19.6 Å². The van der Waals surface area contributed by atoms with E-state index in [0.29, 0.717) is 0 Å². The summed E-state index contributed by atoms with van der Waals surface area (Å²) in [5, 5.41) is 9.07. The molecule has 1 atom stereocenters. The van der Waals surface area contributed by atoms with Crippen molar-refractivity contribution in [2.24, 2.45) is 0 Å². The Kier molecular flexibility index (Phi) is 4.75. The van der Waals surface area contributed by atoms with Gasteiger partial charge in [0.15, 0.2) is 20.2 Å². The zero-order chi connectivity index (χ0) is 11.4. The standard InChI is InChI=1S/C9H19NO3Si/c1-9(7-10,8(11-2)12-3)13-14(4,5)6/h8H,1-6H3. The molecule has 5 heteroatoms. The van der Waals surface area contributed by atoms with Crippen molar-refractivity contribution in [2.75, 3.05) is 14.2 Å². The maximum atomic E-state index is 9.07. The molecule has 0 saturated carbocycles. The van der Waals surface area contributed by atoms with E-state index >= 15 is 0 Å². The summed E-state index contributed by atoms with van der Waals surface area (Å²) in [6.45, 7) is 7.74. The zero-order valence-electron chi connectivity index (χ0n) is 9.75. The van der Waals surface area contributed by atoms with Gasteiger partial charge in [0.25, 0.3) is 0 Å². The first-order valence-electron chi connectivity index (χ1n) is 4.46. The molecule has 0 aliphatic heterocycles. The van der Waals surface area contributed by atoms with Crippen molar-refractivity contribution in [3.05, 3.63) is 0 Å². The quantitative estimate of drug-likeness (QED) is 0.520. The number of hydrogen-bond acceptors (Lipinski definition) is 4. The third-order valence-corrected chi connectivity index (χ3v) is 2.65. The van der Waals surface area contributed by atoms with Gasteiger partial charge in [0.1, 0.15) is 6.07 Å². The smallest absolute Gasteiger partial charge is 0.198 e. The molecule has 0 heterocycles. The molecule has 0 N–H and O–H groups in total. The zero-order valence-corrected chi connectivity index (χ0v) is 10.7. The Balaban J connectivity index is 4.72. The SMILES string of the molecule is COC(OC)C(C)(C#N)O[Si](C)(C)C. The summed E-state index contributed by atoms with van der Waals surface area (Å²) in [6.07, 6.45) is -0.653. The Hall–Kier alpha value is -0.413. The van der Waals surface area contributed by atoms with Gasteiger partial charge >= 0.3 is 0 Å². The lowest BCUT2D eigenvalue weighted by atomic mass is 10.1. The molecule has 0 saturated heterocycles.